The molecule has 11 heteroatoms. The molecule has 11 nitrogen and oxygen atoms in total. The highest BCUT2D eigenvalue weighted by Crippen LogP contribution is 2.75. The average molecular weight is 617 g/mol. The first-order valence-corrected chi connectivity index (χ1v) is 15.7. The smallest absolute Gasteiger partial charge is 0.310 e. The van der Waals surface area contributed by atoms with Crippen LogP contribution in [0.2, 0.25) is 0 Å². The summed E-state index contributed by atoms with van der Waals surface area (Å²) in [5.41, 5.74) is -4.23. The summed E-state index contributed by atoms with van der Waals surface area (Å²) >= 11 is 0. The number of esters is 2. The molecule has 1 aromatic heterocycles. The lowest BCUT2D eigenvalue weighted by molar-refractivity contribution is -0.387. The molecular formula is C33H44O11. The quantitative estimate of drug-likeness (QED) is 0.416. The summed E-state index contributed by atoms with van der Waals surface area (Å²) in [6.07, 6.45) is -3.30. The van der Waals surface area contributed by atoms with Crippen LogP contribution in [0.1, 0.15) is 78.7 Å². The number of hydrogen-bond donors (Lipinski definition) is 3. The molecule has 0 spiro atoms. The van der Waals surface area contributed by atoms with Crippen LogP contribution in [-0.4, -0.2) is 76.1 Å². The van der Waals surface area contributed by atoms with Gasteiger partial charge in [0.25, 0.3) is 0 Å². The third kappa shape index (κ3) is 3.82. The summed E-state index contributed by atoms with van der Waals surface area (Å²) in [6, 6.07) is 1.80. The monoisotopic (exact) mass is 616 g/mol. The molecule has 0 aromatic carbocycles. The van der Waals surface area contributed by atoms with Crippen molar-refractivity contribution in [3.8, 4) is 0 Å². The predicted molar refractivity (Wildman–Crippen MR) is 151 cm³/mol. The topological polar surface area (TPSA) is 170 Å². The summed E-state index contributed by atoms with van der Waals surface area (Å²) in [5, 5.41) is 35.9. The van der Waals surface area contributed by atoms with Crippen LogP contribution in [0.15, 0.2) is 23.0 Å². The molecule has 2 heterocycles. The highest BCUT2D eigenvalue weighted by molar-refractivity contribution is 5.94. The van der Waals surface area contributed by atoms with Gasteiger partial charge in [-0.3, -0.25) is 19.2 Å². The van der Waals surface area contributed by atoms with Crippen LogP contribution in [0.4, 0.5) is 0 Å². The van der Waals surface area contributed by atoms with Gasteiger partial charge in [0, 0.05) is 48.3 Å². The number of hydrogen-bond acceptors (Lipinski definition) is 11. The average Bonchev–Trinajstić information content (AvgIpc) is 3.58. The van der Waals surface area contributed by atoms with E-state index in [1.807, 2.05) is 13.8 Å². The molecule has 1 aromatic rings. The molecule has 1 saturated heterocycles. The van der Waals surface area contributed by atoms with Crippen molar-refractivity contribution in [2.24, 2.45) is 45.3 Å². The SMILES string of the molecule is CCC(C)C(=O)OC1OC[C@@]23C4C(=O)C[C@]5(C)C(C(=O)C[C@H]5c5ccoc5)[C@]4(C)[C@H](O)CC2[C@]1(C)[C@@H](OC(C)=O)[C@H](O)[C@H]3O. The fraction of sp³-hybridized carbons (Fsp3) is 0.758. The van der Waals surface area contributed by atoms with Gasteiger partial charge in [-0.2, -0.15) is 0 Å². The highest BCUT2D eigenvalue weighted by Gasteiger charge is 2.82. The van der Waals surface area contributed by atoms with E-state index in [0.717, 1.165) is 5.56 Å². The van der Waals surface area contributed by atoms with Gasteiger partial charge in [0.2, 0.25) is 6.29 Å². The van der Waals surface area contributed by atoms with Crippen LogP contribution in [0.25, 0.3) is 0 Å². The van der Waals surface area contributed by atoms with Crippen molar-refractivity contribution >= 4 is 23.5 Å². The van der Waals surface area contributed by atoms with Crippen molar-refractivity contribution < 1.29 is 53.1 Å². The molecule has 3 N–H and O–H groups in total. The minimum absolute atomic E-state index is 0.00466. The van der Waals surface area contributed by atoms with E-state index in [1.165, 1.54) is 13.2 Å². The standard InChI is InChI=1S/C33H44O11/c1-7-15(2)28(40)44-29-31(5)21-11-22(37)32(6)24-19(35)10-18(17-8-9-41-13-17)30(24,4)12-20(36)25(32)33(21,14-42-29)26(39)23(38)27(31)43-16(3)34/h8-9,13,15,18,21-27,29,37-39H,7,10-12,14H2,1-6H3/t15?,18-,21?,22+,23+,24?,25?,26+,27-,29?,30-,31+,32-,33-/m0/s1. The van der Waals surface area contributed by atoms with Crippen LogP contribution in [0.3, 0.4) is 0 Å². The molecule has 6 rings (SSSR count). The Morgan fingerprint density at radius 2 is 1.77 bits per heavy atom. The van der Waals surface area contributed by atoms with E-state index >= 15 is 0 Å². The fourth-order valence-corrected chi connectivity index (χ4v) is 10.7. The maximum atomic E-state index is 14.6. The summed E-state index contributed by atoms with van der Waals surface area (Å²) < 4.78 is 23.1. The number of aliphatic hydroxyl groups is 3. The van der Waals surface area contributed by atoms with E-state index in [4.69, 9.17) is 18.6 Å². The Kier molecular flexibility index (Phi) is 7.28. The molecule has 5 aliphatic rings. The summed E-state index contributed by atoms with van der Waals surface area (Å²) in [5.74, 6) is -4.93. The Balaban J connectivity index is 1.50. The van der Waals surface area contributed by atoms with Crippen molar-refractivity contribution in [3.05, 3.63) is 24.2 Å². The van der Waals surface area contributed by atoms with Crippen LogP contribution in [-0.2, 0) is 33.4 Å². The van der Waals surface area contributed by atoms with E-state index < -0.39 is 88.0 Å². The number of Topliss-reactive ketones (excluding diaryl/α,β-unsaturated/α-hetero) is 2. The second-order valence-electron chi connectivity index (χ2n) is 14.8. The van der Waals surface area contributed by atoms with Crippen molar-refractivity contribution in [2.75, 3.05) is 6.61 Å². The van der Waals surface area contributed by atoms with Gasteiger partial charge in [-0.25, -0.2) is 0 Å². The van der Waals surface area contributed by atoms with E-state index in [-0.39, 0.29) is 43.4 Å². The van der Waals surface area contributed by atoms with Gasteiger partial charge in [-0.05, 0) is 42.7 Å². The van der Waals surface area contributed by atoms with E-state index in [1.54, 1.807) is 33.1 Å². The lowest BCUT2D eigenvalue weighted by atomic mass is 9.33. The number of furan rings is 1. The Hall–Kier alpha value is -2.60. The molecule has 4 aliphatic carbocycles. The Labute approximate surface area is 256 Å². The minimum Gasteiger partial charge on any atom is -0.472 e. The highest BCUT2D eigenvalue weighted by atomic mass is 16.7. The number of fused-ring (bicyclic) bond motifs is 3. The van der Waals surface area contributed by atoms with Gasteiger partial charge in [0.15, 0.2) is 0 Å². The maximum absolute atomic E-state index is 14.6. The van der Waals surface area contributed by atoms with Gasteiger partial charge < -0.3 is 33.9 Å². The molecule has 1 aliphatic heterocycles. The second-order valence-corrected chi connectivity index (χ2v) is 14.8. The number of aliphatic hydroxyl groups excluding tert-OH is 3. The molecule has 5 unspecified atom stereocenters. The Bertz CT molecular complexity index is 1360. The van der Waals surface area contributed by atoms with Gasteiger partial charge >= 0.3 is 11.9 Å². The van der Waals surface area contributed by atoms with Crippen molar-refractivity contribution in [1.82, 2.24) is 0 Å². The molecule has 0 amide bonds. The predicted octanol–water partition coefficient (Wildman–Crippen LogP) is 2.54. The molecule has 44 heavy (non-hydrogen) atoms. The van der Waals surface area contributed by atoms with Crippen LogP contribution in [0.5, 0.6) is 0 Å². The van der Waals surface area contributed by atoms with Gasteiger partial charge in [-0.15, -0.1) is 0 Å². The first kappa shape index (κ1) is 31.4. The first-order valence-electron chi connectivity index (χ1n) is 15.7. The van der Waals surface area contributed by atoms with Crippen LogP contribution < -0.4 is 0 Å². The molecule has 242 valence electrons. The van der Waals surface area contributed by atoms with E-state index in [2.05, 4.69) is 0 Å². The number of rotatable bonds is 5. The number of ketones is 2. The molecule has 2 bridgehead atoms. The third-order valence-electron chi connectivity index (χ3n) is 12.7. The van der Waals surface area contributed by atoms with Crippen molar-refractivity contribution in [1.29, 1.82) is 0 Å². The molecular weight excluding hydrogens is 572 g/mol. The molecule has 0 radical (unpaired) electrons. The van der Waals surface area contributed by atoms with E-state index in [0.29, 0.717) is 6.42 Å². The fourth-order valence-electron chi connectivity index (χ4n) is 10.7. The summed E-state index contributed by atoms with van der Waals surface area (Å²) in [7, 11) is 0. The lowest BCUT2D eigenvalue weighted by Gasteiger charge is -2.73. The Morgan fingerprint density at radius 1 is 1.07 bits per heavy atom. The summed E-state index contributed by atoms with van der Waals surface area (Å²) in [4.78, 5) is 54.0. The van der Waals surface area contributed by atoms with Crippen LogP contribution in [0, 0.1) is 45.3 Å². The Morgan fingerprint density at radius 3 is 2.39 bits per heavy atom. The van der Waals surface area contributed by atoms with Crippen molar-refractivity contribution in [3.63, 3.8) is 0 Å². The first-order chi connectivity index (χ1) is 20.6. The van der Waals surface area contributed by atoms with Crippen LogP contribution >= 0.6 is 0 Å². The molecule has 5 fully saturated rings. The van der Waals surface area contributed by atoms with Gasteiger partial charge in [-0.1, -0.05) is 27.7 Å². The summed E-state index contributed by atoms with van der Waals surface area (Å²) in [6.45, 7) is 9.80. The van der Waals surface area contributed by atoms with Gasteiger partial charge in [0.1, 0.15) is 23.8 Å². The maximum Gasteiger partial charge on any atom is 0.310 e. The normalized spacial score (nSPS) is 48.5. The zero-order chi connectivity index (χ0) is 32.1. The minimum atomic E-state index is -1.66. The lowest BCUT2D eigenvalue weighted by Crippen LogP contribution is -2.82. The number of carbonyl (C=O) groups is 4. The zero-order valence-corrected chi connectivity index (χ0v) is 26.1. The number of ether oxygens (including phenoxy) is 3. The molecule has 14 atom stereocenters. The third-order valence-corrected chi connectivity index (χ3v) is 12.7. The second kappa shape index (κ2) is 10.2. The molecule has 4 saturated carbocycles. The van der Waals surface area contributed by atoms with Crippen molar-refractivity contribution in [2.45, 2.75) is 104 Å². The van der Waals surface area contributed by atoms with E-state index in [9.17, 15) is 34.5 Å². The number of carbonyl (C=O) groups excluding carboxylic acids is 4. The zero-order valence-electron chi connectivity index (χ0n) is 26.1. The van der Waals surface area contributed by atoms with Gasteiger partial charge in [0.05, 0.1) is 42.7 Å². The largest absolute Gasteiger partial charge is 0.472 e.